The number of likely N-dealkylation sites (tertiary alicyclic amines) is 2. The Kier molecular flexibility index (Phi) is 10.7. The molecular weight excluding hydrogens is 617 g/mol. The molecule has 1 amide bonds. The highest BCUT2D eigenvalue weighted by molar-refractivity contribution is 7.91. The number of hydrogen-bond donors (Lipinski definition) is 1. The van der Waals surface area contributed by atoms with Gasteiger partial charge in [-0.1, -0.05) is 65.7 Å². The number of rotatable bonds is 10. The molecule has 5 rings (SSSR count). The molecule has 10 heteroatoms. The van der Waals surface area contributed by atoms with E-state index in [1.54, 1.807) is 24.3 Å². The van der Waals surface area contributed by atoms with E-state index in [2.05, 4.69) is 9.80 Å². The van der Waals surface area contributed by atoms with Crippen LogP contribution in [0.25, 0.3) is 0 Å². The van der Waals surface area contributed by atoms with Crippen molar-refractivity contribution in [1.29, 1.82) is 0 Å². The third kappa shape index (κ3) is 7.66. The molecule has 2 aliphatic rings. The van der Waals surface area contributed by atoms with E-state index in [0.717, 1.165) is 18.4 Å². The van der Waals surface area contributed by atoms with Gasteiger partial charge >= 0.3 is 0 Å². The molecule has 0 bridgehead atoms. The summed E-state index contributed by atoms with van der Waals surface area (Å²) < 4.78 is 27.2. The molecule has 0 saturated carbocycles. The summed E-state index contributed by atoms with van der Waals surface area (Å²) in [6.45, 7) is 3.04. The van der Waals surface area contributed by atoms with Crippen molar-refractivity contribution >= 4 is 38.9 Å². The Balaban J connectivity index is 1.42. The first-order valence-electron chi connectivity index (χ1n) is 15.3. The number of halogens is 2. The van der Waals surface area contributed by atoms with Gasteiger partial charge in [0.2, 0.25) is 0 Å². The van der Waals surface area contributed by atoms with Crippen LogP contribution < -0.4 is 0 Å². The van der Waals surface area contributed by atoms with Gasteiger partial charge in [0.05, 0.1) is 33.0 Å². The molecule has 0 aromatic heterocycles. The molecule has 2 aliphatic heterocycles. The maximum absolute atomic E-state index is 13.6. The van der Waals surface area contributed by atoms with Crippen LogP contribution in [0.3, 0.4) is 0 Å². The number of piperidine rings is 2. The summed E-state index contributed by atoms with van der Waals surface area (Å²) in [5.74, 6) is -0.0519. The molecule has 236 valence electrons. The highest BCUT2D eigenvalue weighted by Gasteiger charge is 2.40. The molecule has 2 saturated heterocycles. The molecule has 3 aromatic rings. The Morgan fingerprint density at radius 1 is 0.977 bits per heavy atom. The lowest BCUT2D eigenvalue weighted by Crippen LogP contribution is -2.55. The van der Waals surface area contributed by atoms with Crippen LogP contribution in [0.4, 0.5) is 0 Å². The topological polar surface area (TPSA) is 81.2 Å². The van der Waals surface area contributed by atoms with E-state index in [4.69, 9.17) is 23.2 Å². The Hall–Kier alpha value is -2.46. The van der Waals surface area contributed by atoms with Crippen molar-refractivity contribution in [2.75, 3.05) is 45.5 Å². The second-order valence-electron chi connectivity index (χ2n) is 12.2. The van der Waals surface area contributed by atoms with Crippen LogP contribution >= 0.6 is 23.2 Å². The number of carbonyl (C=O) groups excluding carboxylic acids is 1. The fourth-order valence-electron chi connectivity index (χ4n) is 6.63. The van der Waals surface area contributed by atoms with Gasteiger partial charge in [-0.05, 0) is 81.1 Å². The van der Waals surface area contributed by atoms with E-state index in [1.165, 1.54) is 0 Å². The van der Waals surface area contributed by atoms with Crippen molar-refractivity contribution in [2.45, 2.75) is 54.7 Å². The average molecular weight is 659 g/mol. The van der Waals surface area contributed by atoms with Gasteiger partial charge in [0.25, 0.3) is 5.91 Å². The molecule has 3 aromatic carbocycles. The minimum absolute atomic E-state index is 0.00166. The molecule has 2 fully saturated rings. The third-order valence-corrected chi connectivity index (χ3v) is 11.7. The number of aliphatic hydroxyl groups is 1. The van der Waals surface area contributed by atoms with Crippen LogP contribution in [-0.2, 0) is 15.3 Å². The number of amides is 1. The van der Waals surface area contributed by atoms with Crippen LogP contribution in [0.15, 0.2) is 83.8 Å². The highest BCUT2D eigenvalue weighted by Crippen LogP contribution is 2.40. The quantitative estimate of drug-likeness (QED) is 0.299. The van der Waals surface area contributed by atoms with Gasteiger partial charge in [-0.25, -0.2) is 8.42 Å². The van der Waals surface area contributed by atoms with Crippen molar-refractivity contribution in [1.82, 2.24) is 14.7 Å². The fourth-order valence-corrected chi connectivity index (χ4v) is 8.55. The zero-order chi connectivity index (χ0) is 31.3. The Labute approximate surface area is 271 Å². The number of aliphatic hydroxyl groups excluding tert-OH is 1. The van der Waals surface area contributed by atoms with Gasteiger partial charge in [0.15, 0.2) is 9.84 Å². The smallest absolute Gasteiger partial charge is 0.253 e. The first-order valence-corrected chi connectivity index (χ1v) is 17.7. The van der Waals surface area contributed by atoms with E-state index in [-0.39, 0.29) is 23.9 Å². The fraction of sp³-hybridized carbons (Fsp3) is 0.441. The summed E-state index contributed by atoms with van der Waals surface area (Å²) in [5, 5.41) is 11.1. The van der Waals surface area contributed by atoms with Crippen molar-refractivity contribution in [3.8, 4) is 0 Å². The summed E-state index contributed by atoms with van der Waals surface area (Å²) in [6, 6.07) is 23.7. The molecular formula is C34H41Cl2N3O4S. The SMILES string of the molecule is CN(CCC1(c2ccc(Cl)c(Cl)c2)CCCN(C(=O)c2ccccc2)C1)C(CS(=O)(=O)c1ccccc1)N1CCC(O)CC1. The molecule has 1 N–H and O–H groups in total. The molecule has 44 heavy (non-hydrogen) atoms. The van der Waals surface area contributed by atoms with E-state index in [0.29, 0.717) is 72.5 Å². The lowest BCUT2D eigenvalue weighted by atomic mass is 9.71. The van der Waals surface area contributed by atoms with Crippen molar-refractivity contribution in [3.63, 3.8) is 0 Å². The maximum atomic E-state index is 13.6. The maximum Gasteiger partial charge on any atom is 0.253 e. The summed E-state index contributed by atoms with van der Waals surface area (Å²) >= 11 is 12.8. The lowest BCUT2D eigenvalue weighted by molar-refractivity contribution is 0.0119. The minimum Gasteiger partial charge on any atom is -0.393 e. The third-order valence-electron chi connectivity index (χ3n) is 9.26. The van der Waals surface area contributed by atoms with E-state index >= 15 is 0 Å². The monoisotopic (exact) mass is 657 g/mol. The predicted octanol–water partition coefficient (Wildman–Crippen LogP) is 5.75. The number of carbonyl (C=O) groups is 1. The number of hydrogen-bond acceptors (Lipinski definition) is 6. The molecule has 0 aliphatic carbocycles. The molecule has 0 radical (unpaired) electrons. The zero-order valence-corrected chi connectivity index (χ0v) is 27.4. The van der Waals surface area contributed by atoms with Gasteiger partial charge in [0, 0.05) is 43.7 Å². The summed E-state index contributed by atoms with van der Waals surface area (Å²) in [7, 11) is -1.59. The predicted molar refractivity (Wildman–Crippen MR) is 176 cm³/mol. The lowest BCUT2D eigenvalue weighted by Gasteiger charge is -2.46. The minimum atomic E-state index is -3.57. The molecule has 2 atom stereocenters. The highest BCUT2D eigenvalue weighted by atomic mass is 35.5. The van der Waals surface area contributed by atoms with Gasteiger partial charge in [-0.15, -0.1) is 0 Å². The molecule has 7 nitrogen and oxygen atoms in total. The van der Waals surface area contributed by atoms with Crippen LogP contribution in [-0.4, -0.2) is 91.9 Å². The second-order valence-corrected chi connectivity index (χ2v) is 15.0. The average Bonchev–Trinajstić information content (AvgIpc) is 3.05. The summed E-state index contributed by atoms with van der Waals surface area (Å²) in [6.07, 6.45) is 2.87. The Morgan fingerprint density at radius 2 is 1.64 bits per heavy atom. The van der Waals surface area contributed by atoms with Crippen LogP contribution in [0.5, 0.6) is 0 Å². The van der Waals surface area contributed by atoms with Crippen molar-refractivity contribution < 1.29 is 18.3 Å². The van der Waals surface area contributed by atoms with Crippen LogP contribution in [0.2, 0.25) is 10.0 Å². The number of nitrogens with zero attached hydrogens (tertiary/aromatic N) is 3. The van der Waals surface area contributed by atoms with Crippen molar-refractivity contribution in [3.05, 3.63) is 100 Å². The zero-order valence-electron chi connectivity index (χ0n) is 25.1. The van der Waals surface area contributed by atoms with Crippen molar-refractivity contribution in [2.24, 2.45) is 0 Å². The molecule has 2 heterocycles. The Morgan fingerprint density at radius 3 is 2.30 bits per heavy atom. The second kappa shape index (κ2) is 14.3. The Bertz CT molecular complexity index is 1520. The first kappa shape index (κ1) is 32.9. The molecule has 0 spiro atoms. The van der Waals surface area contributed by atoms with E-state index in [1.807, 2.05) is 66.5 Å². The number of benzene rings is 3. The molecule has 2 unspecified atom stereocenters. The van der Waals surface area contributed by atoms with Crippen LogP contribution in [0, 0.1) is 0 Å². The standard InChI is InChI=1S/C34H41Cl2N3O4S/c1-37(32(38-20-15-28(40)16-21-38)24-44(42,43)29-11-6-3-7-12-29)22-18-34(27-13-14-30(35)31(36)23-27)17-8-19-39(25-34)33(41)26-9-4-2-5-10-26/h2-7,9-14,23,28,32,40H,8,15-22,24-25H2,1H3. The normalized spacial score (nSPS) is 21.0. The van der Waals surface area contributed by atoms with E-state index in [9.17, 15) is 18.3 Å². The van der Waals surface area contributed by atoms with Gasteiger partial charge < -0.3 is 10.0 Å². The summed E-state index contributed by atoms with van der Waals surface area (Å²) in [4.78, 5) is 20.2. The van der Waals surface area contributed by atoms with Gasteiger partial charge in [0.1, 0.15) is 0 Å². The van der Waals surface area contributed by atoms with E-state index < -0.39 is 15.3 Å². The van der Waals surface area contributed by atoms with Gasteiger partial charge in [-0.3, -0.25) is 14.6 Å². The largest absolute Gasteiger partial charge is 0.393 e. The number of sulfone groups is 1. The van der Waals surface area contributed by atoms with Crippen LogP contribution in [0.1, 0.15) is 48.0 Å². The summed E-state index contributed by atoms with van der Waals surface area (Å²) in [5.41, 5.74) is 1.29. The first-order chi connectivity index (χ1) is 21.1. The van der Waals surface area contributed by atoms with Gasteiger partial charge in [-0.2, -0.15) is 0 Å².